The van der Waals surface area contributed by atoms with Crippen molar-refractivity contribution in [3.05, 3.63) is 0 Å². The fourth-order valence-corrected chi connectivity index (χ4v) is 5.18. The fourth-order valence-electron chi connectivity index (χ4n) is 5.18. The average molecular weight is 329 g/mol. The molecular formula is C21H38F2. The summed E-state index contributed by atoms with van der Waals surface area (Å²) in [6, 6.07) is 0. The van der Waals surface area contributed by atoms with Gasteiger partial charge in [0.15, 0.2) is 0 Å². The Morgan fingerprint density at radius 1 is 0.739 bits per heavy atom. The van der Waals surface area contributed by atoms with Crippen LogP contribution in [-0.2, 0) is 0 Å². The molecule has 23 heavy (non-hydrogen) atoms. The van der Waals surface area contributed by atoms with Gasteiger partial charge in [-0.3, -0.25) is 0 Å². The van der Waals surface area contributed by atoms with Gasteiger partial charge in [-0.2, -0.15) is 0 Å². The molecule has 0 unspecified atom stereocenters. The molecule has 0 bridgehead atoms. The van der Waals surface area contributed by atoms with E-state index in [2.05, 4.69) is 6.92 Å². The molecule has 2 aliphatic carbocycles. The summed E-state index contributed by atoms with van der Waals surface area (Å²) in [5.41, 5.74) is 0. The van der Waals surface area contributed by atoms with E-state index < -0.39 is 5.92 Å². The molecule has 2 fully saturated rings. The van der Waals surface area contributed by atoms with E-state index in [0.717, 1.165) is 37.0 Å². The topological polar surface area (TPSA) is 0 Å². The quantitative estimate of drug-likeness (QED) is 0.430. The molecule has 2 aliphatic rings. The minimum absolute atomic E-state index is 0.102. The van der Waals surface area contributed by atoms with Crippen molar-refractivity contribution >= 4 is 0 Å². The Morgan fingerprint density at radius 3 is 1.74 bits per heavy atom. The summed E-state index contributed by atoms with van der Waals surface area (Å²) in [5, 5.41) is 0. The first-order chi connectivity index (χ1) is 11.0. The summed E-state index contributed by atoms with van der Waals surface area (Å²) in [7, 11) is 0. The van der Waals surface area contributed by atoms with Crippen molar-refractivity contribution < 1.29 is 8.78 Å². The maximum atomic E-state index is 14.0. The molecule has 0 aromatic carbocycles. The normalized spacial score (nSPS) is 32.9. The number of rotatable bonds is 8. The third-order valence-corrected chi connectivity index (χ3v) is 6.63. The maximum absolute atomic E-state index is 14.0. The number of halogens is 2. The molecule has 0 N–H and O–H groups in total. The molecule has 2 saturated carbocycles. The van der Waals surface area contributed by atoms with Gasteiger partial charge in [-0.25, -0.2) is 8.78 Å². The van der Waals surface area contributed by atoms with E-state index in [-0.39, 0.29) is 18.8 Å². The summed E-state index contributed by atoms with van der Waals surface area (Å²) in [5.74, 6) is 0.605. The van der Waals surface area contributed by atoms with E-state index in [9.17, 15) is 8.78 Å². The first-order valence-electron chi connectivity index (χ1n) is 10.4. The van der Waals surface area contributed by atoms with Crippen molar-refractivity contribution in [1.82, 2.24) is 0 Å². The smallest absolute Gasteiger partial charge is 0.207 e. The van der Waals surface area contributed by atoms with Gasteiger partial charge in [0.1, 0.15) is 0 Å². The standard InChI is InChI=1S/C21H38F2/c1-3-5-15-21(22,23)16-18-9-13-20(14-10-18)19-11-7-17(6-4-2)8-12-19/h17-20H,3-16H2,1-2H3. The fraction of sp³-hybridized carbons (Fsp3) is 1.00. The first kappa shape index (κ1) is 19.2. The third-order valence-electron chi connectivity index (χ3n) is 6.63. The van der Waals surface area contributed by atoms with Gasteiger partial charge in [0.05, 0.1) is 0 Å². The Morgan fingerprint density at radius 2 is 1.26 bits per heavy atom. The highest BCUT2D eigenvalue weighted by molar-refractivity contribution is 4.83. The minimum atomic E-state index is -2.41. The highest BCUT2D eigenvalue weighted by atomic mass is 19.3. The van der Waals surface area contributed by atoms with Gasteiger partial charge in [0.25, 0.3) is 0 Å². The molecule has 0 amide bonds. The SMILES string of the molecule is CCCCC(F)(F)CC1CCC(C2CCC(CCC)CC2)CC1. The molecule has 2 rings (SSSR count). The molecule has 2 heteroatoms. The summed E-state index contributed by atoms with van der Waals surface area (Å²) in [6.45, 7) is 4.29. The molecular weight excluding hydrogens is 290 g/mol. The van der Waals surface area contributed by atoms with Crippen LogP contribution in [0.25, 0.3) is 0 Å². The molecule has 0 nitrogen and oxygen atoms in total. The Hall–Kier alpha value is -0.140. The molecule has 136 valence electrons. The molecule has 0 heterocycles. The van der Waals surface area contributed by atoms with Crippen LogP contribution < -0.4 is 0 Å². The Labute approximate surface area is 142 Å². The van der Waals surface area contributed by atoms with E-state index in [1.165, 1.54) is 51.4 Å². The van der Waals surface area contributed by atoms with E-state index in [1.54, 1.807) is 0 Å². The lowest BCUT2D eigenvalue weighted by Gasteiger charge is -2.38. The van der Waals surface area contributed by atoms with Crippen molar-refractivity contribution in [2.24, 2.45) is 23.7 Å². The van der Waals surface area contributed by atoms with Crippen LogP contribution in [0.1, 0.15) is 104 Å². The zero-order valence-corrected chi connectivity index (χ0v) is 15.5. The van der Waals surface area contributed by atoms with Crippen molar-refractivity contribution in [2.45, 2.75) is 110 Å². The number of unbranched alkanes of at least 4 members (excludes halogenated alkanes) is 1. The highest BCUT2D eigenvalue weighted by Gasteiger charge is 2.36. The highest BCUT2D eigenvalue weighted by Crippen LogP contribution is 2.44. The molecule has 0 atom stereocenters. The lowest BCUT2D eigenvalue weighted by Crippen LogP contribution is -2.28. The van der Waals surface area contributed by atoms with Crippen LogP contribution in [0.5, 0.6) is 0 Å². The van der Waals surface area contributed by atoms with Gasteiger partial charge in [0.2, 0.25) is 5.92 Å². The van der Waals surface area contributed by atoms with E-state index in [4.69, 9.17) is 0 Å². The second kappa shape index (κ2) is 9.37. The number of hydrogen-bond donors (Lipinski definition) is 0. The summed E-state index contributed by atoms with van der Waals surface area (Å²) in [6.07, 6.45) is 14.8. The largest absolute Gasteiger partial charge is 0.248 e. The molecule has 0 saturated heterocycles. The second-order valence-electron chi connectivity index (χ2n) is 8.51. The van der Waals surface area contributed by atoms with Crippen molar-refractivity contribution in [3.63, 3.8) is 0 Å². The Bertz CT molecular complexity index is 310. The van der Waals surface area contributed by atoms with Crippen LogP contribution in [0.15, 0.2) is 0 Å². The van der Waals surface area contributed by atoms with Gasteiger partial charge in [-0.15, -0.1) is 0 Å². The maximum Gasteiger partial charge on any atom is 0.248 e. The molecule has 0 radical (unpaired) electrons. The van der Waals surface area contributed by atoms with Crippen LogP contribution in [0.4, 0.5) is 8.78 Å². The van der Waals surface area contributed by atoms with Crippen molar-refractivity contribution in [3.8, 4) is 0 Å². The van der Waals surface area contributed by atoms with Crippen LogP contribution >= 0.6 is 0 Å². The second-order valence-corrected chi connectivity index (χ2v) is 8.51. The number of alkyl halides is 2. The lowest BCUT2D eigenvalue weighted by molar-refractivity contribution is -0.0400. The molecule has 0 aromatic heterocycles. The van der Waals surface area contributed by atoms with E-state index in [0.29, 0.717) is 6.42 Å². The predicted octanol–water partition coefficient (Wildman–Crippen LogP) is 7.61. The van der Waals surface area contributed by atoms with Gasteiger partial charge in [0, 0.05) is 12.8 Å². The Balaban J connectivity index is 1.68. The van der Waals surface area contributed by atoms with Crippen molar-refractivity contribution in [1.29, 1.82) is 0 Å². The van der Waals surface area contributed by atoms with Crippen LogP contribution in [0.2, 0.25) is 0 Å². The third kappa shape index (κ3) is 6.35. The molecule has 0 spiro atoms. The predicted molar refractivity (Wildman–Crippen MR) is 94.9 cm³/mol. The van der Waals surface area contributed by atoms with Crippen LogP contribution in [0.3, 0.4) is 0 Å². The zero-order valence-electron chi connectivity index (χ0n) is 15.5. The average Bonchev–Trinajstić information content (AvgIpc) is 2.55. The van der Waals surface area contributed by atoms with Gasteiger partial charge >= 0.3 is 0 Å². The molecule has 0 aromatic rings. The van der Waals surface area contributed by atoms with Gasteiger partial charge in [-0.05, 0) is 68.6 Å². The van der Waals surface area contributed by atoms with E-state index >= 15 is 0 Å². The van der Waals surface area contributed by atoms with E-state index in [1.807, 2.05) is 6.92 Å². The van der Waals surface area contributed by atoms with Gasteiger partial charge in [-0.1, -0.05) is 46.0 Å². The summed E-state index contributed by atoms with van der Waals surface area (Å²) >= 11 is 0. The Kier molecular flexibility index (Phi) is 7.82. The number of hydrogen-bond acceptors (Lipinski definition) is 0. The first-order valence-corrected chi connectivity index (χ1v) is 10.4. The summed E-state index contributed by atoms with van der Waals surface area (Å²) < 4.78 is 27.9. The minimum Gasteiger partial charge on any atom is -0.207 e. The lowest BCUT2D eigenvalue weighted by atomic mass is 9.68. The van der Waals surface area contributed by atoms with Crippen molar-refractivity contribution in [2.75, 3.05) is 0 Å². The van der Waals surface area contributed by atoms with Crippen LogP contribution in [-0.4, -0.2) is 5.92 Å². The van der Waals surface area contributed by atoms with Crippen LogP contribution in [0, 0.1) is 23.7 Å². The molecule has 0 aliphatic heterocycles. The summed E-state index contributed by atoms with van der Waals surface area (Å²) in [4.78, 5) is 0. The monoisotopic (exact) mass is 328 g/mol. The zero-order chi connectivity index (χ0) is 16.7. The van der Waals surface area contributed by atoms with Gasteiger partial charge < -0.3 is 0 Å².